The van der Waals surface area contributed by atoms with Crippen molar-refractivity contribution in [3.05, 3.63) is 12.2 Å². The third-order valence-corrected chi connectivity index (χ3v) is 1.37. The monoisotopic (exact) mass is 185 g/mol. The lowest BCUT2D eigenvalue weighted by Crippen LogP contribution is -2.30. The molecular formula is C6H11N5O2. The summed E-state index contributed by atoms with van der Waals surface area (Å²) >= 11 is 0. The molecule has 1 aromatic heterocycles. The Morgan fingerprint density at radius 2 is 2.62 bits per heavy atom. The van der Waals surface area contributed by atoms with Crippen LogP contribution in [-0.2, 0) is 6.42 Å². The minimum absolute atomic E-state index is 0.146. The number of amidine groups is 1. The number of hydrogen-bond donors (Lipinski definition) is 3. The van der Waals surface area contributed by atoms with Crippen LogP contribution in [0.2, 0.25) is 0 Å². The number of nitrogens with two attached hydrogens (primary N) is 1. The van der Waals surface area contributed by atoms with E-state index in [1.807, 2.05) is 0 Å². The van der Waals surface area contributed by atoms with Crippen LogP contribution >= 0.6 is 0 Å². The predicted molar refractivity (Wildman–Crippen MR) is 44.3 cm³/mol. The molecule has 0 aliphatic heterocycles. The molecule has 0 bridgehead atoms. The second kappa shape index (κ2) is 5.09. The van der Waals surface area contributed by atoms with E-state index in [4.69, 9.17) is 10.9 Å². The van der Waals surface area contributed by atoms with Gasteiger partial charge in [-0.15, -0.1) is 0 Å². The van der Waals surface area contributed by atoms with E-state index in [2.05, 4.69) is 25.1 Å². The molecular weight excluding hydrogens is 174 g/mol. The fourth-order valence-corrected chi connectivity index (χ4v) is 0.755. The van der Waals surface area contributed by atoms with Gasteiger partial charge in [0.05, 0.1) is 6.54 Å². The lowest BCUT2D eigenvalue weighted by Gasteiger charge is -1.99. The van der Waals surface area contributed by atoms with Crippen LogP contribution in [0.1, 0.15) is 5.82 Å². The largest absolute Gasteiger partial charge is 0.409 e. The van der Waals surface area contributed by atoms with Crippen molar-refractivity contribution in [3.63, 3.8) is 0 Å². The maximum atomic E-state index is 8.20. The molecule has 0 fully saturated rings. The Bertz CT molecular complexity index is 258. The van der Waals surface area contributed by atoms with Gasteiger partial charge in [0.1, 0.15) is 0 Å². The summed E-state index contributed by atoms with van der Waals surface area (Å²) in [6, 6.07) is 0. The molecule has 1 rings (SSSR count). The summed E-state index contributed by atoms with van der Waals surface area (Å²) in [5.74, 6) is 0.778. The molecule has 4 N–H and O–H groups in total. The molecule has 0 saturated heterocycles. The molecule has 0 unspecified atom stereocenters. The zero-order valence-electron chi connectivity index (χ0n) is 6.97. The summed E-state index contributed by atoms with van der Waals surface area (Å²) in [4.78, 5) is 3.82. The molecule has 0 aliphatic carbocycles. The van der Waals surface area contributed by atoms with Crippen molar-refractivity contribution in [1.82, 2.24) is 15.5 Å². The molecule has 1 heterocycles. The van der Waals surface area contributed by atoms with E-state index in [-0.39, 0.29) is 5.84 Å². The summed E-state index contributed by atoms with van der Waals surface area (Å²) in [5.41, 5.74) is 5.22. The predicted octanol–water partition coefficient (Wildman–Crippen LogP) is -1.05. The Balaban J connectivity index is 2.08. The lowest BCUT2D eigenvalue weighted by molar-refractivity contribution is 0.317. The molecule has 0 spiro atoms. The Hall–Kier alpha value is -1.63. The molecule has 0 aliphatic rings. The molecule has 0 aromatic carbocycles. The average molecular weight is 185 g/mol. The molecule has 0 saturated carbocycles. The lowest BCUT2D eigenvalue weighted by atomic mass is 10.4. The molecule has 0 radical (unpaired) electrons. The fraction of sp³-hybridized carbons (Fsp3) is 0.500. The molecule has 7 nitrogen and oxygen atoms in total. The average Bonchev–Trinajstić information content (AvgIpc) is 2.64. The number of nitrogens with zero attached hydrogens (tertiary/aromatic N) is 3. The van der Waals surface area contributed by atoms with E-state index in [9.17, 15) is 0 Å². The van der Waals surface area contributed by atoms with Crippen molar-refractivity contribution in [2.75, 3.05) is 13.1 Å². The number of nitrogens with one attached hydrogen (secondary N) is 1. The van der Waals surface area contributed by atoms with Crippen molar-refractivity contribution in [3.8, 4) is 0 Å². The summed E-state index contributed by atoms with van der Waals surface area (Å²) in [5, 5.41) is 17.6. The third kappa shape index (κ3) is 3.52. The SMILES string of the molecule is NC(CNCCc1ncon1)=NO. The summed E-state index contributed by atoms with van der Waals surface area (Å²) < 4.78 is 4.54. The van der Waals surface area contributed by atoms with Gasteiger partial charge in [-0.25, -0.2) is 0 Å². The minimum Gasteiger partial charge on any atom is -0.409 e. The van der Waals surface area contributed by atoms with Gasteiger partial charge >= 0.3 is 0 Å². The van der Waals surface area contributed by atoms with E-state index in [0.29, 0.717) is 25.3 Å². The van der Waals surface area contributed by atoms with E-state index in [1.54, 1.807) is 0 Å². The number of hydrogen-bond acceptors (Lipinski definition) is 6. The molecule has 7 heteroatoms. The highest BCUT2D eigenvalue weighted by molar-refractivity contribution is 5.81. The maximum absolute atomic E-state index is 8.20. The van der Waals surface area contributed by atoms with Gasteiger partial charge in [0.2, 0.25) is 6.39 Å². The van der Waals surface area contributed by atoms with Crippen LogP contribution in [-0.4, -0.2) is 34.3 Å². The van der Waals surface area contributed by atoms with Crippen molar-refractivity contribution >= 4 is 5.84 Å². The number of rotatable bonds is 5. The Labute approximate surface area is 74.6 Å². The van der Waals surface area contributed by atoms with Crippen LogP contribution in [0.5, 0.6) is 0 Å². The van der Waals surface area contributed by atoms with Gasteiger partial charge in [-0.2, -0.15) is 4.98 Å². The standard InChI is InChI=1S/C6H11N5O2/c7-5(10-12)3-8-2-1-6-9-4-13-11-6/h4,8,12H,1-3H2,(H2,7,10). The van der Waals surface area contributed by atoms with Crippen LogP contribution in [0, 0.1) is 0 Å². The van der Waals surface area contributed by atoms with Crippen LogP contribution in [0.15, 0.2) is 16.1 Å². The highest BCUT2D eigenvalue weighted by Crippen LogP contribution is 1.87. The highest BCUT2D eigenvalue weighted by Gasteiger charge is 1.97. The zero-order valence-corrected chi connectivity index (χ0v) is 6.97. The van der Waals surface area contributed by atoms with Crippen LogP contribution in [0.25, 0.3) is 0 Å². The maximum Gasteiger partial charge on any atom is 0.213 e. The topological polar surface area (TPSA) is 110 Å². The Morgan fingerprint density at radius 3 is 3.23 bits per heavy atom. The molecule has 0 atom stereocenters. The quantitative estimate of drug-likeness (QED) is 0.177. The summed E-state index contributed by atoms with van der Waals surface area (Å²) in [6.07, 6.45) is 1.92. The van der Waals surface area contributed by atoms with Crippen molar-refractivity contribution in [2.24, 2.45) is 10.9 Å². The van der Waals surface area contributed by atoms with Gasteiger partial charge in [-0.05, 0) is 0 Å². The van der Waals surface area contributed by atoms with Gasteiger partial charge in [0, 0.05) is 13.0 Å². The molecule has 13 heavy (non-hydrogen) atoms. The van der Waals surface area contributed by atoms with Gasteiger partial charge in [-0.1, -0.05) is 10.3 Å². The summed E-state index contributed by atoms with van der Waals surface area (Å²) in [7, 11) is 0. The first-order chi connectivity index (χ1) is 6.33. The van der Waals surface area contributed by atoms with Crippen molar-refractivity contribution in [1.29, 1.82) is 0 Å². The fourth-order valence-electron chi connectivity index (χ4n) is 0.755. The smallest absolute Gasteiger partial charge is 0.213 e. The van der Waals surface area contributed by atoms with Crippen molar-refractivity contribution in [2.45, 2.75) is 6.42 Å². The van der Waals surface area contributed by atoms with E-state index in [0.717, 1.165) is 0 Å². The molecule has 72 valence electrons. The highest BCUT2D eigenvalue weighted by atomic mass is 16.5. The molecule has 1 aromatic rings. The van der Waals surface area contributed by atoms with Crippen LogP contribution in [0.3, 0.4) is 0 Å². The minimum atomic E-state index is 0.146. The van der Waals surface area contributed by atoms with Gasteiger partial charge in [-0.3, -0.25) is 0 Å². The van der Waals surface area contributed by atoms with E-state index >= 15 is 0 Å². The Morgan fingerprint density at radius 1 is 1.77 bits per heavy atom. The first-order valence-corrected chi connectivity index (χ1v) is 3.75. The second-order valence-electron chi connectivity index (χ2n) is 2.37. The van der Waals surface area contributed by atoms with Gasteiger partial charge in [0.15, 0.2) is 11.7 Å². The third-order valence-electron chi connectivity index (χ3n) is 1.37. The molecule has 0 amide bonds. The first kappa shape index (κ1) is 9.46. The van der Waals surface area contributed by atoms with E-state index in [1.165, 1.54) is 6.39 Å². The summed E-state index contributed by atoms with van der Waals surface area (Å²) in [6.45, 7) is 0.990. The normalized spacial score (nSPS) is 11.8. The Kier molecular flexibility index (Phi) is 3.71. The second-order valence-corrected chi connectivity index (χ2v) is 2.37. The van der Waals surface area contributed by atoms with E-state index < -0.39 is 0 Å². The van der Waals surface area contributed by atoms with Crippen LogP contribution in [0.4, 0.5) is 0 Å². The van der Waals surface area contributed by atoms with Crippen LogP contribution < -0.4 is 11.1 Å². The first-order valence-electron chi connectivity index (χ1n) is 3.75. The zero-order chi connectivity index (χ0) is 9.52. The van der Waals surface area contributed by atoms with Crippen molar-refractivity contribution < 1.29 is 9.73 Å². The van der Waals surface area contributed by atoms with Gasteiger partial charge < -0.3 is 20.8 Å². The van der Waals surface area contributed by atoms with Gasteiger partial charge in [0.25, 0.3) is 0 Å². The number of oxime groups is 1. The number of aromatic nitrogens is 2.